The molecule has 0 aromatic carbocycles. The maximum absolute atomic E-state index is 9.94. The van der Waals surface area contributed by atoms with Crippen LogP contribution in [0, 0.1) is 0 Å². The molecule has 0 aliphatic heterocycles. The normalized spacial score (nSPS) is 7.00. The molecule has 0 spiro atoms. The zero-order chi connectivity index (χ0) is 5.70. The minimum absolute atomic E-state index is 0.163. The maximum Gasteiger partial charge on any atom is 0.335 e. The minimum atomic E-state index is -0.528. The standard InChI is InChI=1S/C2H4BO3P/c4-1-3-2(5)6-7/h1,3H,7H2. The van der Waals surface area contributed by atoms with E-state index < -0.39 is 5.87 Å². The molecule has 0 radical (unpaired) electrons. The highest BCUT2D eigenvalue weighted by Gasteiger charge is 1.97. The smallest absolute Gasteiger partial charge is 0.335 e. The van der Waals surface area contributed by atoms with Gasteiger partial charge in [-0.25, -0.2) is 0 Å². The average Bonchev–Trinajstić information content (AvgIpc) is 1.68. The first kappa shape index (κ1) is 6.63. The molecule has 3 nitrogen and oxygen atoms in total. The van der Waals surface area contributed by atoms with Crippen LogP contribution in [0.4, 0.5) is 4.79 Å². The maximum atomic E-state index is 9.94. The van der Waals surface area contributed by atoms with Gasteiger partial charge in [-0.3, -0.25) is 4.79 Å². The van der Waals surface area contributed by atoms with E-state index in [-0.39, 0.29) is 7.28 Å². The number of carbonyl (C=O) groups excluding carboxylic acids is 2. The van der Waals surface area contributed by atoms with Gasteiger partial charge in [-0.1, -0.05) is 0 Å². The van der Waals surface area contributed by atoms with E-state index in [0.717, 1.165) is 0 Å². The zero-order valence-corrected chi connectivity index (χ0v) is 4.74. The van der Waals surface area contributed by atoms with Crippen molar-refractivity contribution < 1.29 is 14.1 Å². The van der Waals surface area contributed by atoms with Gasteiger partial charge in [0.05, 0.1) is 15.7 Å². The molecule has 0 saturated heterocycles. The van der Waals surface area contributed by atoms with E-state index in [2.05, 4.69) is 4.52 Å². The second-order valence-corrected chi connectivity index (χ2v) is 1.10. The zero-order valence-electron chi connectivity index (χ0n) is 3.59. The van der Waals surface area contributed by atoms with Crippen LogP contribution in [0.15, 0.2) is 0 Å². The Bertz CT molecular complexity index is 83.0. The van der Waals surface area contributed by atoms with E-state index >= 15 is 0 Å². The van der Waals surface area contributed by atoms with E-state index in [9.17, 15) is 9.59 Å². The highest BCUT2D eigenvalue weighted by Crippen LogP contribution is 1.84. The molecule has 5 heteroatoms. The van der Waals surface area contributed by atoms with Crippen molar-refractivity contribution in [3.8, 4) is 0 Å². The number of carbonyl (C=O) groups is 2. The summed E-state index contributed by atoms with van der Waals surface area (Å²) in [4.78, 5) is 19.4. The third-order valence-corrected chi connectivity index (χ3v) is 0.644. The number of hydrogen-bond acceptors (Lipinski definition) is 3. The SMILES string of the molecule is O=CBC(=O)OP. The summed E-state index contributed by atoms with van der Waals surface area (Å²) in [5, 5.41) is 0. The van der Waals surface area contributed by atoms with Gasteiger partial charge in [0.2, 0.25) is 0 Å². The first-order valence-electron chi connectivity index (χ1n) is 1.64. The van der Waals surface area contributed by atoms with Crippen molar-refractivity contribution in [1.82, 2.24) is 0 Å². The Morgan fingerprint density at radius 3 is 2.57 bits per heavy atom. The van der Waals surface area contributed by atoms with Crippen LogP contribution in [0.25, 0.3) is 0 Å². The Hall–Kier alpha value is -0.365. The minimum Gasteiger partial charge on any atom is -0.459 e. The number of hydrogen-bond donors (Lipinski definition) is 0. The first-order chi connectivity index (χ1) is 3.31. The molecule has 0 N–H and O–H groups in total. The van der Waals surface area contributed by atoms with E-state index in [4.69, 9.17) is 0 Å². The molecule has 7 heavy (non-hydrogen) atoms. The van der Waals surface area contributed by atoms with Gasteiger partial charge < -0.3 is 9.32 Å². The van der Waals surface area contributed by atoms with Crippen LogP contribution in [0.3, 0.4) is 0 Å². The third kappa shape index (κ3) is 3.47. The van der Waals surface area contributed by atoms with Crippen LogP contribution in [0.1, 0.15) is 0 Å². The fourth-order valence-corrected chi connectivity index (χ4v) is 0.212. The van der Waals surface area contributed by atoms with Gasteiger partial charge in [0.25, 0.3) is 5.87 Å². The van der Waals surface area contributed by atoms with E-state index in [0.29, 0.717) is 6.19 Å². The summed E-state index contributed by atoms with van der Waals surface area (Å²) in [7, 11) is 1.60. The lowest BCUT2D eigenvalue weighted by atomic mass is 9.82. The summed E-state index contributed by atoms with van der Waals surface area (Å²) in [6, 6.07) is 0. The van der Waals surface area contributed by atoms with E-state index in [1.54, 1.807) is 9.47 Å². The Balaban J connectivity index is 3.17. The van der Waals surface area contributed by atoms with Gasteiger partial charge in [0, 0.05) is 0 Å². The van der Waals surface area contributed by atoms with E-state index in [1.807, 2.05) is 0 Å². The molecule has 0 amide bonds. The summed E-state index contributed by atoms with van der Waals surface area (Å²) in [5.41, 5.74) is 0. The monoisotopic (exact) mass is 118 g/mol. The molecule has 38 valence electrons. The lowest BCUT2D eigenvalue weighted by Gasteiger charge is -1.85. The molecule has 1 unspecified atom stereocenters. The van der Waals surface area contributed by atoms with Crippen LogP contribution in [0.5, 0.6) is 0 Å². The predicted molar refractivity (Wildman–Crippen MR) is 30.1 cm³/mol. The second kappa shape index (κ2) is 3.81. The molecule has 0 aliphatic rings. The molecule has 0 saturated carbocycles. The van der Waals surface area contributed by atoms with Gasteiger partial charge in [-0.05, 0) is 0 Å². The van der Waals surface area contributed by atoms with Gasteiger partial charge in [0.15, 0.2) is 0 Å². The molecule has 0 aliphatic carbocycles. The van der Waals surface area contributed by atoms with Crippen molar-refractivity contribution >= 4 is 28.8 Å². The Kier molecular flexibility index (Phi) is 3.61. The largest absolute Gasteiger partial charge is 0.459 e. The van der Waals surface area contributed by atoms with Crippen molar-refractivity contribution in [2.24, 2.45) is 0 Å². The summed E-state index contributed by atoms with van der Waals surface area (Å²) in [6.45, 7) is 0. The molecule has 0 heterocycles. The van der Waals surface area contributed by atoms with Gasteiger partial charge >= 0.3 is 7.28 Å². The van der Waals surface area contributed by atoms with Gasteiger partial charge in [-0.2, -0.15) is 0 Å². The molecule has 0 aromatic rings. The fourth-order valence-electron chi connectivity index (χ4n) is 0.116. The van der Waals surface area contributed by atoms with Crippen LogP contribution in [0.2, 0.25) is 0 Å². The lowest BCUT2D eigenvalue weighted by Crippen LogP contribution is -2.06. The van der Waals surface area contributed by atoms with Gasteiger partial charge in [-0.15, -0.1) is 0 Å². The van der Waals surface area contributed by atoms with Crippen LogP contribution < -0.4 is 0 Å². The van der Waals surface area contributed by atoms with Crippen LogP contribution in [-0.4, -0.2) is 19.3 Å². The molecule has 0 aromatic heterocycles. The van der Waals surface area contributed by atoms with Gasteiger partial charge in [0.1, 0.15) is 0 Å². The molecular weight excluding hydrogens is 114 g/mol. The summed E-state index contributed by atoms with van der Waals surface area (Å²) >= 11 is 0. The first-order valence-corrected chi connectivity index (χ1v) is 2.11. The lowest BCUT2D eigenvalue weighted by molar-refractivity contribution is 0.232. The molecular formula is C2H4BO3P. The molecule has 0 bridgehead atoms. The number of rotatable bonds is 2. The van der Waals surface area contributed by atoms with Crippen molar-refractivity contribution in [2.75, 3.05) is 0 Å². The molecule has 0 rings (SSSR count). The second-order valence-electron chi connectivity index (χ2n) is 0.861. The van der Waals surface area contributed by atoms with Crippen LogP contribution >= 0.6 is 9.47 Å². The summed E-state index contributed by atoms with van der Waals surface area (Å²) in [5.74, 6) is -0.528. The molecule has 1 atom stereocenters. The topological polar surface area (TPSA) is 43.4 Å². The highest BCUT2D eigenvalue weighted by atomic mass is 31.0. The van der Waals surface area contributed by atoms with Crippen molar-refractivity contribution in [3.63, 3.8) is 0 Å². The van der Waals surface area contributed by atoms with Crippen molar-refractivity contribution in [3.05, 3.63) is 0 Å². The van der Waals surface area contributed by atoms with E-state index in [1.165, 1.54) is 0 Å². The Morgan fingerprint density at radius 2 is 2.43 bits per heavy atom. The summed E-state index contributed by atoms with van der Waals surface area (Å²) < 4.78 is 4.04. The quantitative estimate of drug-likeness (QED) is 0.280. The third-order valence-electron chi connectivity index (χ3n) is 0.381. The summed E-state index contributed by atoms with van der Waals surface area (Å²) in [6.07, 6.45) is 0.492. The molecule has 0 fully saturated rings. The average molecular weight is 118 g/mol. The Labute approximate surface area is 43.9 Å². The highest BCUT2D eigenvalue weighted by molar-refractivity contribution is 7.12. The Morgan fingerprint density at radius 1 is 1.86 bits per heavy atom. The fraction of sp³-hybridized carbons (Fsp3) is 0. The predicted octanol–water partition coefficient (Wildman–Crippen LogP) is -0.460. The van der Waals surface area contributed by atoms with Crippen LogP contribution in [-0.2, 0) is 9.32 Å². The van der Waals surface area contributed by atoms with Crippen molar-refractivity contribution in [2.45, 2.75) is 0 Å². The van der Waals surface area contributed by atoms with Crippen molar-refractivity contribution in [1.29, 1.82) is 0 Å².